The van der Waals surface area contributed by atoms with Crippen molar-refractivity contribution < 1.29 is 4.92 Å². The first-order valence-corrected chi connectivity index (χ1v) is 12.6. The molecule has 0 aromatic heterocycles. The summed E-state index contributed by atoms with van der Waals surface area (Å²) in [6.07, 6.45) is 0. The van der Waals surface area contributed by atoms with Gasteiger partial charge in [0.15, 0.2) is 0 Å². The van der Waals surface area contributed by atoms with Crippen molar-refractivity contribution in [2.24, 2.45) is 0 Å². The van der Waals surface area contributed by atoms with Crippen LogP contribution in [0.25, 0.3) is 0 Å². The van der Waals surface area contributed by atoms with Crippen LogP contribution in [0.5, 0.6) is 0 Å². The Labute approximate surface area is 213 Å². The van der Waals surface area contributed by atoms with Gasteiger partial charge in [-0.3, -0.25) is 10.1 Å². The van der Waals surface area contributed by atoms with Crippen LogP contribution in [0, 0.1) is 30.9 Å². The quantitative estimate of drug-likeness (QED) is 0.135. The summed E-state index contributed by atoms with van der Waals surface area (Å²) in [5, 5.41) is 14.6. The topological polar surface area (TPSA) is 107 Å². The third-order valence-electron chi connectivity index (χ3n) is 5.52. The molecule has 0 fully saturated rings. The van der Waals surface area contributed by atoms with Crippen molar-refractivity contribution in [2.75, 3.05) is 16.8 Å². The van der Waals surface area contributed by atoms with Crippen molar-refractivity contribution in [3.8, 4) is 0 Å². The number of hydrogen-bond acceptors (Lipinski definition) is 7. The molecule has 8 heteroatoms. The molecule has 0 aliphatic heterocycles. The lowest BCUT2D eigenvalue weighted by molar-refractivity contribution is -0.385. The number of nitrogens with one attached hydrogen (secondary N) is 1. The van der Waals surface area contributed by atoms with Crippen molar-refractivity contribution in [1.82, 2.24) is 0 Å². The molecule has 0 amide bonds. The highest BCUT2D eigenvalue weighted by atomic mass is 32.2. The van der Waals surface area contributed by atoms with E-state index in [0.29, 0.717) is 5.56 Å². The highest BCUT2D eigenvalue weighted by Crippen LogP contribution is 2.38. The minimum absolute atomic E-state index is 0.105. The molecule has 0 aliphatic carbocycles. The summed E-state index contributed by atoms with van der Waals surface area (Å²) in [4.78, 5) is 15.1. The van der Waals surface area contributed by atoms with Crippen molar-refractivity contribution in [3.05, 3.63) is 99.6 Å². The molecule has 4 rings (SSSR count). The molecule has 0 saturated carbocycles. The van der Waals surface area contributed by atoms with Gasteiger partial charge in [-0.15, -0.1) is 0 Å². The summed E-state index contributed by atoms with van der Waals surface area (Å²) < 4.78 is 0. The zero-order valence-electron chi connectivity index (χ0n) is 19.7. The molecule has 0 radical (unpaired) electrons. The van der Waals surface area contributed by atoms with E-state index in [0.717, 1.165) is 53.5 Å². The van der Waals surface area contributed by atoms with Crippen LogP contribution in [0.1, 0.15) is 16.7 Å². The fourth-order valence-corrected chi connectivity index (χ4v) is 5.67. The van der Waals surface area contributed by atoms with Crippen LogP contribution in [0.3, 0.4) is 0 Å². The zero-order valence-corrected chi connectivity index (χ0v) is 21.3. The number of benzene rings is 4. The summed E-state index contributed by atoms with van der Waals surface area (Å²) in [6, 6.07) is 23.4. The van der Waals surface area contributed by atoms with Gasteiger partial charge in [-0.1, -0.05) is 23.5 Å². The second-order valence-corrected chi connectivity index (χ2v) is 10.6. The lowest BCUT2D eigenvalue weighted by Gasteiger charge is -2.13. The normalized spacial score (nSPS) is 10.8. The van der Waals surface area contributed by atoms with E-state index in [4.69, 9.17) is 11.5 Å². The van der Waals surface area contributed by atoms with E-state index >= 15 is 0 Å². The number of nitrogen functional groups attached to an aromatic ring is 2. The minimum atomic E-state index is -0.367. The number of nitro groups is 1. The summed E-state index contributed by atoms with van der Waals surface area (Å²) in [5.74, 6) is 0. The Balaban J connectivity index is 1.68. The van der Waals surface area contributed by atoms with Crippen molar-refractivity contribution >= 4 is 52.0 Å². The van der Waals surface area contributed by atoms with E-state index in [1.54, 1.807) is 42.6 Å². The van der Waals surface area contributed by atoms with Gasteiger partial charge in [-0.05, 0) is 98.6 Å². The zero-order chi connectivity index (χ0) is 25.1. The molecule has 178 valence electrons. The Morgan fingerprint density at radius 1 is 0.657 bits per heavy atom. The second-order valence-electron chi connectivity index (χ2n) is 8.32. The minimum Gasteiger partial charge on any atom is -0.399 e. The van der Waals surface area contributed by atoms with Gasteiger partial charge in [0.1, 0.15) is 0 Å². The standard InChI is InChI=1S/C27H26N4O2S2/c1-16-11-21(5-7-25(16)28)34-23-13-20(30-19-4-9-27(31(32)33)18(3)10-19)14-24(15-23)35-22-6-8-26(29)17(2)12-22/h4-15,30H,28-29H2,1-3H3. The SMILES string of the molecule is Cc1cc(Sc2cc(Nc3ccc([N+](=O)[O-])c(C)c3)cc(Sc3ccc(N)c(C)c3)c2)ccc1N. The van der Waals surface area contributed by atoms with E-state index in [9.17, 15) is 10.1 Å². The van der Waals surface area contributed by atoms with Gasteiger partial charge in [0, 0.05) is 54.0 Å². The van der Waals surface area contributed by atoms with Gasteiger partial charge in [-0.2, -0.15) is 0 Å². The molecule has 0 unspecified atom stereocenters. The Morgan fingerprint density at radius 3 is 1.66 bits per heavy atom. The summed E-state index contributed by atoms with van der Waals surface area (Å²) >= 11 is 3.31. The van der Waals surface area contributed by atoms with Crippen molar-refractivity contribution in [2.45, 2.75) is 40.4 Å². The maximum atomic E-state index is 11.2. The number of hydrogen-bond donors (Lipinski definition) is 3. The molecular formula is C27H26N4O2S2. The van der Waals surface area contributed by atoms with E-state index < -0.39 is 0 Å². The molecule has 0 bridgehead atoms. The first-order chi connectivity index (χ1) is 16.7. The lowest BCUT2D eigenvalue weighted by atomic mass is 10.2. The third-order valence-corrected chi connectivity index (χ3v) is 7.44. The average Bonchev–Trinajstić information content (AvgIpc) is 2.78. The molecule has 0 heterocycles. The molecule has 35 heavy (non-hydrogen) atoms. The van der Waals surface area contributed by atoms with Gasteiger partial charge in [-0.25, -0.2) is 0 Å². The van der Waals surface area contributed by atoms with E-state index in [1.807, 2.05) is 38.1 Å². The van der Waals surface area contributed by atoms with Crippen LogP contribution < -0.4 is 16.8 Å². The van der Waals surface area contributed by atoms with Crippen molar-refractivity contribution in [3.63, 3.8) is 0 Å². The summed E-state index contributed by atoms with van der Waals surface area (Å²) in [7, 11) is 0. The molecule has 4 aromatic rings. The first-order valence-electron chi connectivity index (χ1n) is 10.9. The number of nitro benzene ring substituents is 1. The van der Waals surface area contributed by atoms with Crippen molar-refractivity contribution in [1.29, 1.82) is 0 Å². The Bertz CT molecular complexity index is 1350. The van der Waals surface area contributed by atoms with Gasteiger partial charge < -0.3 is 16.8 Å². The number of nitrogens with zero attached hydrogens (tertiary/aromatic N) is 1. The molecule has 0 spiro atoms. The Hall–Kier alpha value is -3.62. The molecule has 5 N–H and O–H groups in total. The highest BCUT2D eigenvalue weighted by Gasteiger charge is 2.12. The van der Waals surface area contributed by atoms with Gasteiger partial charge in [0.05, 0.1) is 4.92 Å². The number of rotatable bonds is 7. The van der Waals surface area contributed by atoms with E-state index in [1.165, 1.54) is 6.07 Å². The fraction of sp³-hybridized carbons (Fsp3) is 0.111. The van der Waals surface area contributed by atoms with Gasteiger partial charge in [0.2, 0.25) is 0 Å². The number of aryl methyl sites for hydroxylation is 3. The Kier molecular flexibility index (Phi) is 7.23. The Morgan fingerprint density at radius 2 is 1.20 bits per heavy atom. The van der Waals surface area contributed by atoms with E-state index in [-0.39, 0.29) is 10.6 Å². The third kappa shape index (κ3) is 6.09. The predicted molar refractivity (Wildman–Crippen MR) is 147 cm³/mol. The largest absolute Gasteiger partial charge is 0.399 e. The van der Waals surface area contributed by atoms with Crippen LogP contribution in [-0.4, -0.2) is 4.92 Å². The number of anilines is 4. The maximum absolute atomic E-state index is 11.2. The van der Waals surface area contributed by atoms with Crippen LogP contribution in [0.15, 0.2) is 92.4 Å². The summed E-state index contributed by atoms with van der Waals surface area (Å²) in [6.45, 7) is 5.74. The fourth-order valence-electron chi connectivity index (χ4n) is 3.56. The molecule has 4 aromatic carbocycles. The summed E-state index contributed by atoms with van der Waals surface area (Å²) in [5.41, 5.74) is 18.0. The second kappa shape index (κ2) is 10.3. The molecule has 6 nitrogen and oxygen atoms in total. The van der Waals surface area contributed by atoms with Gasteiger partial charge >= 0.3 is 0 Å². The molecule has 0 atom stereocenters. The van der Waals surface area contributed by atoms with Crippen LogP contribution in [0.4, 0.5) is 28.4 Å². The smallest absolute Gasteiger partial charge is 0.272 e. The van der Waals surface area contributed by atoms with Gasteiger partial charge in [0.25, 0.3) is 5.69 Å². The monoisotopic (exact) mass is 502 g/mol. The van der Waals surface area contributed by atoms with Crippen LogP contribution in [0.2, 0.25) is 0 Å². The highest BCUT2D eigenvalue weighted by molar-refractivity contribution is 8.00. The lowest BCUT2D eigenvalue weighted by Crippen LogP contribution is -1.95. The van der Waals surface area contributed by atoms with Crippen LogP contribution in [-0.2, 0) is 0 Å². The van der Waals surface area contributed by atoms with Crippen LogP contribution >= 0.6 is 23.5 Å². The first kappa shape index (κ1) is 24.5. The number of nitrogens with two attached hydrogens (primary N) is 2. The maximum Gasteiger partial charge on any atom is 0.272 e. The average molecular weight is 503 g/mol. The molecule has 0 saturated heterocycles. The predicted octanol–water partition coefficient (Wildman–Crippen LogP) is 7.73. The van der Waals surface area contributed by atoms with E-state index in [2.05, 4.69) is 35.6 Å². The molecular weight excluding hydrogens is 476 g/mol. The molecule has 0 aliphatic rings.